The first-order chi connectivity index (χ1) is 8.65. The van der Waals surface area contributed by atoms with Crippen LogP contribution in [0.2, 0.25) is 0 Å². The molecule has 18 heavy (non-hydrogen) atoms. The number of carbonyl (C=O) groups is 1. The molecule has 0 aliphatic carbocycles. The molecule has 98 valence electrons. The lowest BCUT2D eigenvalue weighted by atomic mass is 10.1. The van der Waals surface area contributed by atoms with Crippen LogP contribution in [0, 0.1) is 5.92 Å². The van der Waals surface area contributed by atoms with Crippen LogP contribution in [0.5, 0.6) is 0 Å². The number of nitrogens with zero attached hydrogens (tertiary/aromatic N) is 1. The molecular weight excluding hydrogens is 226 g/mol. The topological polar surface area (TPSA) is 72.4 Å². The summed E-state index contributed by atoms with van der Waals surface area (Å²) >= 11 is 0. The third-order valence-corrected chi connectivity index (χ3v) is 3.59. The van der Waals surface area contributed by atoms with E-state index in [2.05, 4.69) is 17.0 Å². The van der Waals surface area contributed by atoms with Crippen molar-refractivity contribution in [1.29, 1.82) is 0 Å². The largest absolute Gasteiger partial charge is 0.399 e. The van der Waals surface area contributed by atoms with Crippen LogP contribution in [-0.4, -0.2) is 30.4 Å². The summed E-state index contributed by atoms with van der Waals surface area (Å²) in [6, 6.07) is 8.03. The van der Waals surface area contributed by atoms with E-state index in [1.807, 2.05) is 12.1 Å². The van der Waals surface area contributed by atoms with E-state index in [4.69, 9.17) is 11.5 Å². The van der Waals surface area contributed by atoms with E-state index in [0.29, 0.717) is 0 Å². The summed E-state index contributed by atoms with van der Waals surface area (Å²) < 4.78 is 0. The number of nitrogen functional groups attached to an aromatic ring is 1. The number of primary amides is 1. The van der Waals surface area contributed by atoms with Crippen molar-refractivity contribution in [2.45, 2.75) is 19.3 Å². The molecule has 1 atom stereocenters. The Hall–Kier alpha value is -1.55. The maximum Gasteiger partial charge on any atom is 0.221 e. The molecule has 1 aliphatic heterocycles. The fraction of sp³-hybridized carbons (Fsp3) is 0.500. The van der Waals surface area contributed by atoms with Crippen molar-refractivity contribution >= 4 is 11.6 Å². The first-order valence-corrected chi connectivity index (χ1v) is 6.51. The number of carbonyl (C=O) groups excluding carboxylic acids is 1. The second-order valence-corrected chi connectivity index (χ2v) is 5.03. The van der Waals surface area contributed by atoms with Gasteiger partial charge in [-0.3, -0.25) is 4.79 Å². The molecule has 0 aromatic heterocycles. The van der Waals surface area contributed by atoms with Crippen molar-refractivity contribution in [2.24, 2.45) is 11.7 Å². The Kier molecular flexibility index (Phi) is 4.20. The number of hydrogen-bond acceptors (Lipinski definition) is 3. The van der Waals surface area contributed by atoms with Gasteiger partial charge in [-0.15, -0.1) is 0 Å². The van der Waals surface area contributed by atoms with E-state index < -0.39 is 0 Å². The van der Waals surface area contributed by atoms with Crippen LogP contribution in [0.3, 0.4) is 0 Å². The lowest BCUT2D eigenvalue weighted by Gasteiger charge is -2.14. The van der Waals surface area contributed by atoms with Gasteiger partial charge in [0.1, 0.15) is 0 Å². The van der Waals surface area contributed by atoms with Crippen molar-refractivity contribution in [2.75, 3.05) is 25.4 Å². The van der Waals surface area contributed by atoms with Crippen LogP contribution >= 0.6 is 0 Å². The van der Waals surface area contributed by atoms with E-state index in [1.54, 1.807) is 0 Å². The van der Waals surface area contributed by atoms with Gasteiger partial charge in [0, 0.05) is 12.2 Å². The van der Waals surface area contributed by atoms with Gasteiger partial charge in [0.25, 0.3) is 0 Å². The Labute approximate surface area is 108 Å². The van der Waals surface area contributed by atoms with E-state index >= 15 is 0 Å². The van der Waals surface area contributed by atoms with Gasteiger partial charge in [-0.25, -0.2) is 0 Å². The van der Waals surface area contributed by atoms with Crippen molar-refractivity contribution in [3.8, 4) is 0 Å². The zero-order chi connectivity index (χ0) is 13.0. The number of nitrogens with two attached hydrogens (primary N) is 2. The summed E-state index contributed by atoms with van der Waals surface area (Å²) in [7, 11) is 0. The number of anilines is 1. The smallest absolute Gasteiger partial charge is 0.221 e. The standard InChI is InChI=1S/C14H21N3O/c15-13-5-3-11(4-6-13)2-1-8-17-9-7-12(10-17)14(16)18/h3-6,12H,1-2,7-10,15H2,(H2,16,18). The average molecular weight is 247 g/mol. The summed E-state index contributed by atoms with van der Waals surface area (Å²) in [5, 5.41) is 0. The molecule has 0 radical (unpaired) electrons. The number of rotatable bonds is 5. The maximum atomic E-state index is 11.1. The third-order valence-electron chi connectivity index (χ3n) is 3.59. The number of benzene rings is 1. The fourth-order valence-corrected chi connectivity index (χ4v) is 2.46. The van der Waals surface area contributed by atoms with Gasteiger partial charge in [0.05, 0.1) is 5.92 Å². The van der Waals surface area contributed by atoms with Crippen LogP contribution < -0.4 is 11.5 Å². The van der Waals surface area contributed by atoms with E-state index in [1.165, 1.54) is 5.56 Å². The van der Waals surface area contributed by atoms with E-state index in [0.717, 1.165) is 44.6 Å². The molecule has 1 heterocycles. The van der Waals surface area contributed by atoms with Gasteiger partial charge in [-0.2, -0.15) is 0 Å². The highest BCUT2D eigenvalue weighted by molar-refractivity contribution is 5.77. The first kappa shape index (κ1) is 12.9. The third kappa shape index (κ3) is 3.47. The molecule has 1 unspecified atom stereocenters. The minimum Gasteiger partial charge on any atom is -0.399 e. The monoisotopic (exact) mass is 247 g/mol. The number of likely N-dealkylation sites (tertiary alicyclic amines) is 1. The first-order valence-electron chi connectivity index (χ1n) is 6.51. The van der Waals surface area contributed by atoms with Crippen LogP contribution in [0.1, 0.15) is 18.4 Å². The zero-order valence-electron chi connectivity index (χ0n) is 10.6. The summed E-state index contributed by atoms with van der Waals surface area (Å²) in [6.07, 6.45) is 3.07. The van der Waals surface area contributed by atoms with Crippen molar-refractivity contribution in [3.63, 3.8) is 0 Å². The molecule has 1 fully saturated rings. The number of aryl methyl sites for hydroxylation is 1. The van der Waals surface area contributed by atoms with Gasteiger partial charge in [-0.1, -0.05) is 12.1 Å². The van der Waals surface area contributed by atoms with Crippen LogP contribution in [-0.2, 0) is 11.2 Å². The summed E-state index contributed by atoms with van der Waals surface area (Å²) in [5.41, 5.74) is 13.1. The summed E-state index contributed by atoms with van der Waals surface area (Å²) in [5.74, 6) is -0.0995. The molecule has 0 saturated carbocycles. The molecule has 1 aromatic rings. The summed E-state index contributed by atoms with van der Waals surface area (Å²) in [4.78, 5) is 13.4. The van der Waals surface area contributed by atoms with Gasteiger partial charge < -0.3 is 16.4 Å². The Morgan fingerprint density at radius 3 is 2.67 bits per heavy atom. The quantitative estimate of drug-likeness (QED) is 0.763. The molecule has 1 amide bonds. The number of hydrogen-bond donors (Lipinski definition) is 2. The van der Waals surface area contributed by atoms with Crippen molar-refractivity contribution < 1.29 is 4.79 Å². The highest BCUT2D eigenvalue weighted by atomic mass is 16.1. The minimum atomic E-state index is -0.156. The molecule has 0 bridgehead atoms. The van der Waals surface area contributed by atoms with Crippen molar-refractivity contribution in [3.05, 3.63) is 29.8 Å². The lowest BCUT2D eigenvalue weighted by Crippen LogP contribution is -2.28. The lowest BCUT2D eigenvalue weighted by molar-refractivity contribution is -0.121. The molecule has 1 aromatic carbocycles. The number of amides is 1. The normalized spacial score (nSPS) is 20.1. The van der Waals surface area contributed by atoms with Crippen LogP contribution in [0.25, 0.3) is 0 Å². The van der Waals surface area contributed by atoms with Crippen LogP contribution in [0.15, 0.2) is 24.3 Å². The molecule has 4 heteroatoms. The molecule has 4 N–H and O–H groups in total. The Balaban J connectivity index is 1.70. The Bertz CT molecular complexity index is 402. The molecular formula is C14H21N3O. The second-order valence-electron chi connectivity index (χ2n) is 5.03. The van der Waals surface area contributed by atoms with Gasteiger partial charge >= 0.3 is 0 Å². The highest BCUT2D eigenvalue weighted by Crippen LogP contribution is 2.16. The highest BCUT2D eigenvalue weighted by Gasteiger charge is 2.25. The Morgan fingerprint density at radius 2 is 2.06 bits per heavy atom. The van der Waals surface area contributed by atoms with Gasteiger partial charge in [0.15, 0.2) is 0 Å². The molecule has 1 saturated heterocycles. The minimum absolute atomic E-state index is 0.0570. The fourth-order valence-electron chi connectivity index (χ4n) is 2.46. The molecule has 4 nitrogen and oxygen atoms in total. The molecule has 1 aliphatic rings. The second kappa shape index (κ2) is 5.87. The molecule has 2 rings (SSSR count). The van der Waals surface area contributed by atoms with E-state index in [9.17, 15) is 4.79 Å². The predicted molar refractivity (Wildman–Crippen MR) is 72.9 cm³/mol. The van der Waals surface area contributed by atoms with Crippen molar-refractivity contribution in [1.82, 2.24) is 4.90 Å². The Morgan fingerprint density at radius 1 is 1.33 bits per heavy atom. The van der Waals surface area contributed by atoms with E-state index in [-0.39, 0.29) is 11.8 Å². The van der Waals surface area contributed by atoms with Crippen LogP contribution in [0.4, 0.5) is 5.69 Å². The predicted octanol–water partition coefficient (Wildman–Crippen LogP) is 1.01. The zero-order valence-corrected chi connectivity index (χ0v) is 10.6. The van der Waals surface area contributed by atoms with Gasteiger partial charge in [-0.05, 0) is 50.0 Å². The average Bonchev–Trinajstić information content (AvgIpc) is 2.81. The SMILES string of the molecule is NC(=O)C1CCN(CCCc2ccc(N)cc2)C1. The molecule has 0 spiro atoms. The maximum absolute atomic E-state index is 11.1. The summed E-state index contributed by atoms with van der Waals surface area (Å²) in [6.45, 7) is 2.86. The van der Waals surface area contributed by atoms with Gasteiger partial charge in [0.2, 0.25) is 5.91 Å².